The van der Waals surface area contributed by atoms with Gasteiger partial charge in [-0.25, -0.2) is 4.39 Å². The first-order valence-corrected chi connectivity index (χ1v) is 6.30. The number of non-ortho nitro benzene ring substituents is 1. The second-order valence-electron chi connectivity index (χ2n) is 4.76. The van der Waals surface area contributed by atoms with Crippen molar-refractivity contribution in [3.8, 4) is 0 Å². The lowest BCUT2D eigenvalue weighted by atomic mass is 9.94. The second-order valence-corrected chi connectivity index (χ2v) is 4.76. The van der Waals surface area contributed by atoms with Crippen LogP contribution < -0.4 is 4.90 Å². The van der Waals surface area contributed by atoms with Gasteiger partial charge in [0.05, 0.1) is 11.0 Å². The van der Waals surface area contributed by atoms with Crippen molar-refractivity contribution < 1.29 is 9.31 Å². The number of nitro benzene ring substituents is 1. The van der Waals surface area contributed by atoms with Crippen molar-refractivity contribution in [2.24, 2.45) is 5.92 Å². The SMILES string of the molecule is CCC1CCN(c2cc(F)cc([N+](=O)[O-])c2)CC1. The average Bonchev–Trinajstić information content (AvgIpc) is 2.38. The summed E-state index contributed by atoms with van der Waals surface area (Å²) in [6, 6.07) is 3.79. The second kappa shape index (κ2) is 5.33. The Labute approximate surface area is 106 Å². The summed E-state index contributed by atoms with van der Waals surface area (Å²) in [6.07, 6.45) is 3.30. The summed E-state index contributed by atoms with van der Waals surface area (Å²) in [5.41, 5.74) is 0.443. The fourth-order valence-corrected chi connectivity index (χ4v) is 2.45. The Balaban J connectivity index is 2.16. The smallest absolute Gasteiger partial charge is 0.274 e. The Kier molecular flexibility index (Phi) is 3.79. The van der Waals surface area contributed by atoms with E-state index in [0.717, 1.165) is 44.3 Å². The molecule has 1 aromatic carbocycles. The molecule has 1 fully saturated rings. The van der Waals surface area contributed by atoms with Gasteiger partial charge in [-0.15, -0.1) is 0 Å². The lowest BCUT2D eigenvalue weighted by molar-refractivity contribution is -0.385. The molecule has 98 valence electrons. The molecule has 1 heterocycles. The molecule has 2 rings (SSSR count). The van der Waals surface area contributed by atoms with Crippen molar-refractivity contribution in [1.82, 2.24) is 0 Å². The quantitative estimate of drug-likeness (QED) is 0.612. The summed E-state index contributed by atoms with van der Waals surface area (Å²) in [4.78, 5) is 12.2. The van der Waals surface area contributed by atoms with Crippen LogP contribution in [-0.4, -0.2) is 18.0 Å². The number of hydrogen-bond acceptors (Lipinski definition) is 3. The summed E-state index contributed by atoms with van der Waals surface area (Å²) < 4.78 is 13.4. The van der Waals surface area contributed by atoms with Crippen LogP contribution in [0.2, 0.25) is 0 Å². The molecule has 0 aromatic heterocycles. The normalized spacial score (nSPS) is 16.9. The largest absolute Gasteiger partial charge is 0.371 e. The molecule has 0 atom stereocenters. The number of rotatable bonds is 3. The van der Waals surface area contributed by atoms with E-state index in [9.17, 15) is 14.5 Å². The van der Waals surface area contributed by atoms with Crippen LogP contribution in [0.25, 0.3) is 0 Å². The fraction of sp³-hybridized carbons (Fsp3) is 0.538. The molecule has 0 saturated carbocycles. The van der Waals surface area contributed by atoms with Crippen molar-refractivity contribution in [1.29, 1.82) is 0 Å². The molecular formula is C13H17FN2O2. The average molecular weight is 252 g/mol. The molecule has 1 aliphatic rings. The van der Waals surface area contributed by atoms with E-state index in [4.69, 9.17) is 0 Å². The van der Waals surface area contributed by atoms with Crippen molar-refractivity contribution in [2.45, 2.75) is 26.2 Å². The van der Waals surface area contributed by atoms with Crippen LogP contribution in [-0.2, 0) is 0 Å². The molecule has 18 heavy (non-hydrogen) atoms. The summed E-state index contributed by atoms with van der Waals surface area (Å²) >= 11 is 0. The number of piperidine rings is 1. The lowest BCUT2D eigenvalue weighted by Gasteiger charge is -2.33. The van der Waals surface area contributed by atoms with E-state index in [-0.39, 0.29) is 5.69 Å². The van der Waals surface area contributed by atoms with E-state index in [1.54, 1.807) is 0 Å². The number of benzene rings is 1. The molecule has 0 aliphatic carbocycles. The van der Waals surface area contributed by atoms with Crippen LogP contribution in [0.3, 0.4) is 0 Å². The molecule has 1 aliphatic heterocycles. The third kappa shape index (κ3) is 2.78. The fourth-order valence-electron chi connectivity index (χ4n) is 2.45. The highest BCUT2D eigenvalue weighted by molar-refractivity contribution is 5.53. The summed E-state index contributed by atoms with van der Waals surface area (Å²) in [6.45, 7) is 3.87. The first-order chi connectivity index (χ1) is 8.60. The molecule has 0 bridgehead atoms. The predicted octanol–water partition coefficient (Wildman–Crippen LogP) is 3.36. The van der Waals surface area contributed by atoms with Crippen LogP contribution in [0.1, 0.15) is 26.2 Å². The number of nitro groups is 1. The summed E-state index contributed by atoms with van der Waals surface area (Å²) in [5.74, 6) is 0.182. The maximum absolute atomic E-state index is 13.4. The number of nitrogens with zero attached hydrogens (tertiary/aromatic N) is 2. The van der Waals surface area contributed by atoms with Gasteiger partial charge in [-0.3, -0.25) is 10.1 Å². The Morgan fingerprint density at radius 2 is 2.06 bits per heavy atom. The van der Waals surface area contributed by atoms with E-state index in [0.29, 0.717) is 5.69 Å². The zero-order valence-corrected chi connectivity index (χ0v) is 10.4. The minimum Gasteiger partial charge on any atom is -0.371 e. The molecular weight excluding hydrogens is 235 g/mol. The molecule has 0 radical (unpaired) electrons. The van der Waals surface area contributed by atoms with E-state index in [1.165, 1.54) is 12.1 Å². The summed E-state index contributed by atoms with van der Waals surface area (Å²) in [7, 11) is 0. The highest BCUT2D eigenvalue weighted by atomic mass is 19.1. The van der Waals surface area contributed by atoms with Gasteiger partial charge in [0.1, 0.15) is 5.82 Å². The van der Waals surface area contributed by atoms with E-state index < -0.39 is 10.7 Å². The standard InChI is InChI=1S/C13H17FN2O2/c1-2-10-3-5-15(6-4-10)12-7-11(14)8-13(9-12)16(17)18/h7-10H,2-6H2,1H3. The molecule has 0 unspecified atom stereocenters. The molecule has 4 nitrogen and oxygen atoms in total. The number of halogens is 1. The molecule has 5 heteroatoms. The van der Waals surface area contributed by atoms with Gasteiger partial charge in [-0.2, -0.15) is 0 Å². The first-order valence-electron chi connectivity index (χ1n) is 6.30. The lowest BCUT2D eigenvalue weighted by Crippen LogP contribution is -2.33. The van der Waals surface area contributed by atoms with Crippen LogP contribution in [0.4, 0.5) is 15.8 Å². The Morgan fingerprint density at radius 3 is 2.61 bits per heavy atom. The van der Waals surface area contributed by atoms with Gasteiger partial charge in [-0.1, -0.05) is 13.3 Å². The monoisotopic (exact) mass is 252 g/mol. The van der Waals surface area contributed by atoms with Gasteiger partial charge in [0, 0.05) is 24.8 Å². The zero-order valence-electron chi connectivity index (χ0n) is 10.4. The zero-order chi connectivity index (χ0) is 13.1. The van der Waals surface area contributed by atoms with Gasteiger partial charge in [0.25, 0.3) is 5.69 Å². The molecule has 0 N–H and O–H groups in total. The Morgan fingerprint density at radius 1 is 1.39 bits per heavy atom. The minimum absolute atomic E-state index is 0.178. The van der Waals surface area contributed by atoms with Crippen LogP contribution in [0.15, 0.2) is 18.2 Å². The molecule has 0 spiro atoms. The van der Waals surface area contributed by atoms with Crippen molar-refractivity contribution in [3.63, 3.8) is 0 Å². The van der Waals surface area contributed by atoms with Gasteiger partial charge in [0.2, 0.25) is 0 Å². The minimum atomic E-state index is -0.550. The highest BCUT2D eigenvalue weighted by Gasteiger charge is 2.20. The van der Waals surface area contributed by atoms with Gasteiger partial charge >= 0.3 is 0 Å². The van der Waals surface area contributed by atoms with Crippen molar-refractivity contribution >= 4 is 11.4 Å². The predicted molar refractivity (Wildman–Crippen MR) is 68.3 cm³/mol. The topological polar surface area (TPSA) is 46.4 Å². The maximum Gasteiger partial charge on any atom is 0.274 e. The van der Waals surface area contributed by atoms with E-state index in [2.05, 4.69) is 6.92 Å². The Hall–Kier alpha value is -1.65. The number of hydrogen-bond donors (Lipinski definition) is 0. The first kappa shape index (κ1) is 12.8. The Bertz CT molecular complexity index is 443. The molecule has 0 amide bonds. The van der Waals surface area contributed by atoms with Crippen LogP contribution >= 0.6 is 0 Å². The maximum atomic E-state index is 13.4. The van der Waals surface area contributed by atoms with Crippen molar-refractivity contribution in [3.05, 3.63) is 34.1 Å². The summed E-state index contributed by atoms with van der Waals surface area (Å²) in [5, 5.41) is 10.7. The van der Waals surface area contributed by atoms with Gasteiger partial charge in [-0.05, 0) is 24.8 Å². The van der Waals surface area contributed by atoms with E-state index >= 15 is 0 Å². The van der Waals surface area contributed by atoms with Crippen molar-refractivity contribution in [2.75, 3.05) is 18.0 Å². The van der Waals surface area contributed by atoms with Gasteiger partial charge < -0.3 is 4.90 Å². The van der Waals surface area contributed by atoms with Crippen LogP contribution in [0.5, 0.6) is 0 Å². The van der Waals surface area contributed by atoms with Crippen LogP contribution in [0, 0.1) is 21.8 Å². The third-order valence-electron chi connectivity index (χ3n) is 3.64. The van der Waals surface area contributed by atoms with E-state index in [1.807, 2.05) is 4.90 Å². The number of anilines is 1. The molecule has 1 saturated heterocycles. The van der Waals surface area contributed by atoms with Gasteiger partial charge in [0.15, 0.2) is 0 Å². The molecule has 1 aromatic rings. The third-order valence-corrected chi connectivity index (χ3v) is 3.64. The highest BCUT2D eigenvalue weighted by Crippen LogP contribution is 2.28.